The first-order chi connectivity index (χ1) is 10.6. The van der Waals surface area contributed by atoms with Gasteiger partial charge >= 0.3 is 0 Å². The summed E-state index contributed by atoms with van der Waals surface area (Å²) in [5.41, 5.74) is 2.02. The van der Waals surface area contributed by atoms with Crippen molar-refractivity contribution in [2.24, 2.45) is 0 Å². The topological polar surface area (TPSA) is 50.3 Å². The van der Waals surface area contributed by atoms with E-state index in [4.69, 9.17) is 4.74 Å². The van der Waals surface area contributed by atoms with Gasteiger partial charge in [-0.25, -0.2) is 4.98 Å². The molecule has 0 unspecified atom stereocenters. The van der Waals surface area contributed by atoms with E-state index >= 15 is 0 Å². The van der Waals surface area contributed by atoms with Crippen LogP contribution in [0.5, 0.6) is 5.75 Å². The molecule has 2 rings (SSSR count). The number of benzene rings is 1. The molecule has 0 aliphatic carbocycles. The molecule has 0 bridgehead atoms. The number of aromatic nitrogens is 2. The molecule has 22 heavy (non-hydrogen) atoms. The molecule has 2 aromatic rings. The molecular formula is C17H24N4O. The Labute approximate surface area is 132 Å². The zero-order valence-corrected chi connectivity index (χ0v) is 13.8. The minimum absolute atomic E-state index is 0.574. The summed E-state index contributed by atoms with van der Waals surface area (Å²) in [6.45, 7) is 5.21. The Morgan fingerprint density at radius 2 is 2.09 bits per heavy atom. The molecular weight excluding hydrogens is 276 g/mol. The summed E-state index contributed by atoms with van der Waals surface area (Å²) in [5, 5.41) is 3.24. The van der Waals surface area contributed by atoms with Gasteiger partial charge in [-0.15, -0.1) is 0 Å². The third kappa shape index (κ3) is 4.10. The lowest BCUT2D eigenvalue weighted by Crippen LogP contribution is -2.20. The fraction of sp³-hybridized carbons (Fsp3) is 0.412. The van der Waals surface area contributed by atoms with Gasteiger partial charge < -0.3 is 15.0 Å². The van der Waals surface area contributed by atoms with Crippen molar-refractivity contribution in [1.29, 1.82) is 0 Å². The van der Waals surface area contributed by atoms with Crippen LogP contribution in [0.2, 0.25) is 0 Å². The maximum atomic E-state index is 5.37. The number of rotatable bonds is 7. The highest BCUT2D eigenvalue weighted by atomic mass is 16.5. The second-order valence-electron chi connectivity index (χ2n) is 5.34. The maximum absolute atomic E-state index is 5.37. The SMILES string of the molecule is CCCCN(C)c1ccnc(Nc2cc(C)ccc2OC)n1. The van der Waals surface area contributed by atoms with Gasteiger partial charge in [-0.1, -0.05) is 19.4 Å². The number of unbranched alkanes of at least 4 members (excludes halogenated alkanes) is 1. The van der Waals surface area contributed by atoms with Crippen LogP contribution in [-0.2, 0) is 0 Å². The Hall–Kier alpha value is -2.30. The number of nitrogens with one attached hydrogen (secondary N) is 1. The minimum atomic E-state index is 0.574. The first-order valence-corrected chi connectivity index (χ1v) is 7.60. The standard InChI is InChI=1S/C17H24N4O/c1-5-6-11-21(3)16-9-10-18-17(20-16)19-14-12-13(2)7-8-15(14)22-4/h7-10,12H,5-6,11H2,1-4H3,(H,18,19,20). The van der Waals surface area contributed by atoms with Crippen LogP contribution in [0.1, 0.15) is 25.3 Å². The lowest BCUT2D eigenvalue weighted by molar-refractivity contribution is 0.416. The van der Waals surface area contributed by atoms with Crippen molar-refractivity contribution in [3.05, 3.63) is 36.0 Å². The van der Waals surface area contributed by atoms with Gasteiger partial charge in [-0.3, -0.25) is 0 Å². The normalized spacial score (nSPS) is 10.4. The molecule has 0 amide bonds. The van der Waals surface area contributed by atoms with E-state index < -0.39 is 0 Å². The van der Waals surface area contributed by atoms with Crippen LogP contribution >= 0.6 is 0 Å². The van der Waals surface area contributed by atoms with E-state index in [1.807, 2.05) is 31.2 Å². The molecule has 1 heterocycles. The first kappa shape index (κ1) is 16.1. The van der Waals surface area contributed by atoms with E-state index in [1.165, 1.54) is 6.42 Å². The van der Waals surface area contributed by atoms with E-state index in [2.05, 4.69) is 34.2 Å². The number of methoxy groups -OCH3 is 1. The van der Waals surface area contributed by atoms with Crippen molar-refractivity contribution >= 4 is 17.5 Å². The fourth-order valence-corrected chi connectivity index (χ4v) is 2.17. The third-order valence-electron chi connectivity index (χ3n) is 3.48. The van der Waals surface area contributed by atoms with Crippen LogP contribution in [0, 0.1) is 6.92 Å². The highest BCUT2D eigenvalue weighted by Gasteiger charge is 2.08. The lowest BCUT2D eigenvalue weighted by atomic mass is 10.2. The Kier molecular flexibility index (Phi) is 5.58. The van der Waals surface area contributed by atoms with E-state index in [0.29, 0.717) is 5.95 Å². The summed E-state index contributed by atoms with van der Waals surface area (Å²) in [4.78, 5) is 11.0. The molecule has 1 aromatic heterocycles. The average molecular weight is 300 g/mol. The second kappa shape index (κ2) is 7.64. The van der Waals surface area contributed by atoms with Crippen molar-refractivity contribution in [3.63, 3.8) is 0 Å². The summed E-state index contributed by atoms with van der Waals surface area (Å²) in [6.07, 6.45) is 4.09. The molecule has 5 heteroatoms. The van der Waals surface area contributed by atoms with Crippen LogP contribution in [0.25, 0.3) is 0 Å². The predicted octanol–water partition coefficient (Wildman–Crippen LogP) is 3.77. The van der Waals surface area contributed by atoms with Crippen molar-refractivity contribution in [3.8, 4) is 5.75 Å². The van der Waals surface area contributed by atoms with Gasteiger partial charge in [-0.05, 0) is 37.1 Å². The van der Waals surface area contributed by atoms with Crippen LogP contribution in [0.4, 0.5) is 17.5 Å². The summed E-state index contributed by atoms with van der Waals surface area (Å²) in [7, 11) is 3.71. The van der Waals surface area contributed by atoms with Crippen LogP contribution in [-0.4, -0.2) is 30.7 Å². The number of hydrogen-bond donors (Lipinski definition) is 1. The molecule has 0 saturated heterocycles. The van der Waals surface area contributed by atoms with Crippen LogP contribution < -0.4 is 15.0 Å². The van der Waals surface area contributed by atoms with Gasteiger partial charge in [0.05, 0.1) is 12.8 Å². The number of aryl methyl sites for hydroxylation is 1. The Balaban J connectivity index is 2.18. The number of hydrogen-bond acceptors (Lipinski definition) is 5. The summed E-state index contributed by atoms with van der Waals surface area (Å²) in [6, 6.07) is 7.90. The van der Waals surface area contributed by atoms with Gasteiger partial charge in [0.1, 0.15) is 11.6 Å². The zero-order valence-electron chi connectivity index (χ0n) is 13.8. The summed E-state index contributed by atoms with van der Waals surface area (Å²) in [5.74, 6) is 2.27. The first-order valence-electron chi connectivity index (χ1n) is 7.60. The Bertz CT molecular complexity index is 615. The van der Waals surface area contributed by atoms with E-state index in [-0.39, 0.29) is 0 Å². The third-order valence-corrected chi connectivity index (χ3v) is 3.48. The van der Waals surface area contributed by atoms with E-state index in [0.717, 1.165) is 35.8 Å². The van der Waals surface area contributed by atoms with Crippen molar-refractivity contribution in [1.82, 2.24) is 9.97 Å². The average Bonchev–Trinajstić information content (AvgIpc) is 2.53. The monoisotopic (exact) mass is 300 g/mol. The molecule has 1 aromatic carbocycles. The molecule has 0 atom stereocenters. The largest absolute Gasteiger partial charge is 0.495 e. The maximum Gasteiger partial charge on any atom is 0.229 e. The Morgan fingerprint density at radius 3 is 2.82 bits per heavy atom. The van der Waals surface area contributed by atoms with Gasteiger partial charge in [0.2, 0.25) is 5.95 Å². The van der Waals surface area contributed by atoms with Gasteiger partial charge in [0.25, 0.3) is 0 Å². The summed E-state index contributed by atoms with van der Waals surface area (Å²) >= 11 is 0. The minimum Gasteiger partial charge on any atom is -0.495 e. The second-order valence-corrected chi connectivity index (χ2v) is 5.34. The fourth-order valence-electron chi connectivity index (χ4n) is 2.17. The molecule has 0 spiro atoms. The molecule has 0 aliphatic heterocycles. The molecule has 0 aliphatic rings. The molecule has 5 nitrogen and oxygen atoms in total. The van der Waals surface area contributed by atoms with E-state index in [9.17, 15) is 0 Å². The highest BCUT2D eigenvalue weighted by molar-refractivity contribution is 5.64. The predicted molar refractivity (Wildman–Crippen MR) is 91.2 cm³/mol. The molecule has 0 saturated carbocycles. The van der Waals surface area contributed by atoms with Crippen molar-refractivity contribution in [2.45, 2.75) is 26.7 Å². The van der Waals surface area contributed by atoms with Gasteiger partial charge in [0, 0.05) is 19.8 Å². The molecule has 118 valence electrons. The molecule has 0 fully saturated rings. The van der Waals surface area contributed by atoms with Gasteiger partial charge in [-0.2, -0.15) is 4.98 Å². The molecule has 0 radical (unpaired) electrons. The lowest BCUT2D eigenvalue weighted by Gasteiger charge is -2.18. The summed E-state index contributed by atoms with van der Waals surface area (Å²) < 4.78 is 5.37. The van der Waals surface area contributed by atoms with Crippen LogP contribution in [0.15, 0.2) is 30.5 Å². The smallest absolute Gasteiger partial charge is 0.229 e. The van der Waals surface area contributed by atoms with Gasteiger partial charge in [0.15, 0.2) is 0 Å². The zero-order chi connectivity index (χ0) is 15.9. The number of anilines is 3. The number of nitrogens with zero attached hydrogens (tertiary/aromatic N) is 3. The quantitative estimate of drug-likeness (QED) is 0.843. The van der Waals surface area contributed by atoms with Crippen molar-refractivity contribution in [2.75, 3.05) is 30.9 Å². The molecule has 1 N–H and O–H groups in total. The van der Waals surface area contributed by atoms with Crippen LogP contribution in [0.3, 0.4) is 0 Å². The van der Waals surface area contributed by atoms with E-state index in [1.54, 1.807) is 13.3 Å². The Morgan fingerprint density at radius 1 is 1.27 bits per heavy atom. The number of ether oxygens (including phenoxy) is 1. The highest BCUT2D eigenvalue weighted by Crippen LogP contribution is 2.27. The van der Waals surface area contributed by atoms with Crippen molar-refractivity contribution < 1.29 is 4.74 Å².